The molecule has 20 heavy (non-hydrogen) atoms. The first kappa shape index (κ1) is 13.2. The molecule has 1 aliphatic heterocycles. The van der Waals surface area contributed by atoms with Gasteiger partial charge in [0.1, 0.15) is 30.2 Å². The first-order chi connectivity index (χ1) is 9.49. The van der Waals surface area contributed by atoms with Crippen molar-refractivity contribution in [2.75, 3.05) is 12.3 Å². The van der Waals surface area contributed by atoms with E-state index in [2.05, 4.69) is 15.0 Å². The van der Waals surface area contributed by atoms with E-state index >= 15 is 0 Å². The Hall–Kier alpha value is -1.81. The molecule has 0 radical (unpaired) electrons. The smallest absolute Gasteiger partial charge is 0.173 e. The minimum Gasteiger partial charge on any atom is -0.394 e. The molecule has 3 rings (SSSR count). The van der Waals surface area contributed by atoms with Crippen LogP contribution >= 0.6 is 0 Å². The van der Waals surface area contributed by atoms with Gasteiger partial charge in [0.15, 0.2) is 17.2 Å². The summed E-state index contributed by atoms with van der Waals surface area (Å²) in [6, 6.07) is 0. The van der Waals surface area contributed by atoms with Crippen LogP contribution < -0.4 is 5.73 Å². The Kier molecular flexibility index (Phi) is 2.87. The second-order valence-corrected chi connectivity index (χ2v) is 4.87. The topological polar surface area (TPSA) is 140 Å². The van der Waals surface area contributed by atoms with Crippen molar-refractivity contribution >= 4 is 17.0 Å². The number of anilines is 1. The minimum absolute atomic E-state index is 0.212. The van der Waals surface area contributed by atoms with Crippen molar-refractivity contribution in [2.24, 2.45) is 0 Å². The Balaban J connectivity index is 2.13. The number of fused-ring (bicyclic) bond motifs is 1. The molecule has 108 valence electrons. The molecule has 9 nitrogen and oxygen atoms in total. The summed E-state index contributed by atoms with van der Waals surface area (Å²) < 4.78 is 7.06. The Bertz CT molecular complexity index is 647. The predicted octanol–water partition coefficient (Wildman–Crippen LogP) is -1.81. The van der Waals surface area contributed by atoms with Crippen LogP contribution in [-0.2, 0) is 10.5 Å². The largest absolute Gasteiger partial charge is 0.394 e. The molecule has 1 aliphatic rings. The van der Waals surface area contributed by atoms with Crippen molar-refractivity contribution < 1.29 is 20.1 Å². The zero-order valence-corrected chi connectivity index (χ0v) is 10.7. The number of aliphatic hydroxyl groups is 3. The lowest BCUT2D eigenvalue weighted by Crippen LogP contribution is -2.43. The maximum atomic E-state index is 10.2. The van der Waals surface area contributed by atoms with Gasteiger partial charge in [-0.25, -0.2) is 15.0 Å². The lowest BCUT2D eigenvalue weighted by molar-refractivity contribution is -0.132. The molecule has 0 spiro atoms. The van der Waals surface area contributed by atoms with Crippen LogP contribution in [-0.4, -0.2) is 59.8 Å². The van der Waals surface area contributed by atoms with Crippen LogP contribution in [0.1, 0.15) is 6.92 Å². The van der Waals surface area contributed by atoms with Gasteiger partial charge in [-0.15, -0.1) is 0 Å². The second-order valence-electron chi connectivity index (χ2n) is 4.87. The maximum Gasteiger partial charge on any atom is 0.173 e. The molecule has 3 heterocycles. The average Bonchev–Trinajstić information content (AvgIpc) is 2.96. The third-order valence-corrected chi connectivity index (χ3v) is 3.66. The van der Waals surface area contributed by atoms with Crippen LogP contribution in [0.3, 0.4) is 0 Å². The van der Waals surface area contributed by atoms with Crippen molar-refractivity contribution in [1.29, 1.82) is 0 Å². The van der Waals surface area contributed by atoms with Gasteiger partial charge in [-0.1, -0.05) is 0 Å². The molecule has 2 aromatic heterocycles. The van der Waals surface area contributed by atoms with Gasteiger partial charge in [-0.05, 0) is 6.92 Å². The summed E-state index contributed by atoms with van der Waals surface area (Å²) in [5.41, 5.74) is 5.16. The van der Waals surface area contributed by atoms with Crippen LogP contribution in [0.2, 0.25) is 0 Å². The van der Waals surface area contributed by atoms with E-state index in [0.29, 0.717) is 11.2 Å². The average molecular weight is 281 g/mol. The normalized spacial score (nSPS) is 33.9. The van der Waals surface area contributed by atoms with E-state index in [0.717, 1.165) is 0 Å². The SMILES string of the molecule is C[C@@]1(n2cnc3c(N)ncnc32)O[C@H](CO)C(O)[C@@H]1O. The Labute approximate surface area is 113 Å². The number of ether oxygens (including phenoxy) is 1. The van der Waals surface area contributed by atoms with Crippen molar-refractivity contribution in [3.8, 4) is 0 Å². The number of nitrogens with two attached hydrogens (primary N) is 1. The van der Waals surface area contributed by atoms with E-state index in [-0.39, 0.29) is 5.82 Å². The number of aromatic nitrogens is 4. The van der Waals surface area contributed by atoms with Gasteiger partial charge >= 0.3 is 0 Å². The van der Waals surface area contributed by atoms with Crippen LogP contribution in [0.15, 0.2) is 12.7 Å². The third kappa shape index (κ3) is 1.61. The highest BCUT2D eigenvalue weighted by molar-refractivity contribution is 5.81. The molecule has 0 amide bonds. The summed E-state index contributed by atoms with van der Waals surface area (Å²) in [5.74, 6) is 0.212. The van der Waals surface area contributed by atoms with E-state index in [4.69, 9.17) is 10.5 Å². The van der Waals surface area contributed by atoms with E-state index in [1.54, 1.807) is 6.92 Å². The van der Waals surface area contributed by atoms with Crippen LogP contribution in [0.4, 0.5) is 5.82 Å². The fourth-order valence-electron chi connectivity index (χ4n) is 2.49. The zero-order valence-electron chi connectivity index (χ0n) is 10.7. The highest BCUT2D eigenvalue weighted by atomic mass is 16.6. The van der Waals surface area contributed by atoms with Gasteiger partial charge in [0.2, 0.25) is 0 Å². The first-order valence-electron chi connectivity index (χ1n) is 6.08. The number of hydrogen-bond donors (Lipinski definition) is 4. The highest BCUT2D eigenvalue weighted by Gasteiger charge is 2.52. The third-order valence-electron chi connectivity index (χ3n) is 3.66. The Morgan fingerprint density at radius 2 is 2.15 bits per heavy atom. The van der Waals surface area contributed by atoms with Crippen molar-refractivity contribution in [2.45, 2.75) is 31.0 Å². The van der Waals surface area contributed by atoms with Gasteiger partial charge in [0, 0.05) is 0 Å². The number of nitrogens with zero attached hydrogens (tertiary/aromatic N) is 4. The fraction of sp³-hybridized carbons (Fsp3) is 0.545. The molecule has 0 bridgehead atoms. The van der Waals surface area contributed by atoms with Crippen molar-refractivity contribution in [3.63, 3.8) is 0 Å². The number of imidazole rings is 1. The van der Waals surface area contributed by atoms with E-state index < -0.39 is 30.6 Å². The number of aliphatic hydroxyl groups excluding tert-OH is 3. The molecule has 2 aromatic rings. The fourth-order valence-corrected chi connectivity index (χ4v) is 2.49. The molecular formula is C11H15N5O4. The Morgan fingerprint density at radius 3 is 2.80 bits per heavy atom. The lowest BCUT2D eigenvalue weighted by Gasteiger charge is -2.29. The molecule has 1 unspecified atom stereocenters. The summed E-state index contributed by atoms with van der Waals surface area (Å²) >= 11 is 0. The predicted molar refractivity (Wildman–Crippen MR) is 67.4 cm³/mol. The summed E-state index contributed by atoms with van der Waals surface area (Å²) in [6.07, 6.45) is -0.646. The molecule has 4 atom stereocenters. The van der Waals surface area contributed by atoms with Gasteiger partial charge in [-0.2, -0.15) is 0 Å². The standard InChI is InChI=1S/C11H15N5O4/c1-11(8(19)7(18)5(2-17)20-11)16-4-15-6-9(12)13-3-14-10(6)16/h3-5,7-8,17-19H,2H2,1H3,(H2,12,13,14)/t5-,7?,8+,11-/m1/s1. The highest BCUT2D eigenvalue weighted by Crippen LogP contribution is 2.37. The summed E-state index contributed by atoms with van der Waals surface area (Å²) in [4.78, 5) is 12.0. The van der Waals surface area contributed by atoms with Crippen molar-refractivity contribution in [1.82, 2.24) is 19.5 Å². The lowest BCUT2D eigenvalue weighted by atomic mass is 10.0. The molecule has 0 saturated carbocycles. The first-order valence-corrected chi connectivity index (χ1v) is 6.08. The van der Waals surface area contributed by atoms with Gasteiger partial charge in [0.25, 0.3) is 0 Å². The molecule has 0 aromatic carbocycles. The number of hydrogen-bond acceptors (Lipinski definition) is 8. The molecular weight excluding hydrogens is 266 g/mol. The molecule has 9 heteroatoms. The summed E-state index contributed by atoms with van der Waals surface area (Å²) in [5, 5.41) is 29.3. The van der Waals surface area contributed by atoms with Gasteiger partial charge < -0.3 is 25.8 Å². The number of rotatable bonds is 2. The Morgan fingerprint density at radius 1 is 1.40 bits per heavy atom. The minimum atomic E-state index is -1.30. The summed E-state index contributed by atoms with van der Waals surface area (Å²) in [6.45, 7) is 1.17. The van der Waals surface area contributed by atoms with E-state index in [1.165, 1.54) is 17.2 Å². The van der Waals surface area contributed by atoms with Crippen LogP contribution in [0, 0.1) is 0 Å². The zero-order chi connectivity index (χ0) is 14.5. The number of nitrogen functional groups attached to an aromatic ring is 1. The van der Waals surface area contributed by atoms with Crippen molar-refractivity contribution in [3.05, 3.63) is 12.7 Å². The van der Waals surface area contributed by atoms with Gasteiger partial charge in [-0.3, -0.25) is 4.57 Å². The maximum absolute atomic E-state index is 10.2. The van der Waals surface area contributed by atoms with Crippen LogP contribution in [0.5, 0.6) is 0 Å². The monoisotopic (exact) mass is 281 g/mol. The molecule has 1 saturated heterocycles. The molecule has 1 fully saturated rings. The molecule has 0 aliphatic carbocycles. The molecule has 5 N–H and O–H groups in total. The van der Waals surface area contributed by atoms with E-state index in [9.17, 15) is 15.3 Å². The second kappa shape index (κ2) is 4.35. The van der Waals surface area contributed by atoms with Gasteiger partial charge in [0.05, 0.1) is 12.9 Å². The van der Waals surface area contributed by atoms with E-state index in [1.807, 2.05) is 0 Å². The van der Waals surface area contributed by atoms with Crippen LogP contribution in [0.25, 0.3) is 11.2 Å². The quantitative estimate of drug-likeness (QED) is 0.505. The summed E-state index contributed by atoms with van der Waals surface area (Å²) in [7, 11) is 0.